The molecule has 106 valence electrons. The summed E-state index contributed by atoms with van der Waals surface area (Å²) in [5, 5.41) is 13.2. The number of hydrogen-bond donors (Lipinski definition) is 2. The maximum absolute atomic E-state index is 9.77. The molecule has 0 aromatic heterocycles. The lowest BCUT2D eigenvalue weighted by Gasteiger charge is -2.19. The van der Waals surface area contributed by atoms with Crippen molar-refractivity contribution in [1.82, 2.24) is 5.32 Å². The summed E-state index contributed by atoms with van der Waals surface area (Å²) in [5.41, 5.74) is 1.30. The fraction of sp³-hybridized carbons (Fsp3) is 0.625. The second kappa shape index (κ2) is 6.92. The molecule has 0 saturated heterocycles. The Kier molecular flexibility index (Phi) is 5.23. The number of rotatable bonds is 6. The monoisotopic (exact) mass is 263 g/mol. The van der Waals surface area contributed by atoms with E-state index in [1.807, 2.05) is 12.1 Å². The lowest BCUT2D eigenvalue weighted by atomic mass is 10.0. The van der Waals surface area contributed by atoms with Crippen molar-refractivity contribution in [3.05, 3.63) is 29.8 Å². The highest BCUT2D eigenvalue weighted by molar-refractivity contribution is 5.29. The minimum absolute atomic E-state index is 0.0263. The van der Waals surface area contributed by atoms with Crippen LogP contribution in [-0.4, -0.2) is 23.9 Å². The standard InChI is InChI=1S/C16H25NO2/c1-3-14(17-4-2)12-8-10-13(11-9-12)19-16-7-5-6-15(16)18/h8-11,14-18H,3-7H2,1-2H3. The predicted molar refractivity (Wildman–Crippen MR) is 77.4 cm³/mol. The Labute approximate surface area is 116 Å². The molecule has 19 heavy (non-hydrogen) atoms. The molecule has 1 aliphatic carbocycles. The molecule has 0 bridgehead atoms. The molecule has 1 saturated carbocycles. The lowest BCUT2D eigenvalue weighted by molar-refractivity contribution is 0.0604. The zero-order chi connectivity index (χ0) is 13.7. The van der Waals surface area contributed by atoms with E-state index in [4.69, 9.17) is 4.74 Å². The van der Waals surface area contributed by atoms with E-state index in [1.54, 1.807) is 0 Å². The zero-order valence-electron chi connectivity index (χ0n) is 11.9. The van der Waals surface area contributed by atoms with Crippen LogP contribution in [0.1, 0.15) is 51.1 Å². The summed E-state index contributed by atoms with van der Waals surface area (Å²) >= 11 is 0. The van der Waals surface area contributed by atoms with E-state index in [1.165, 1.54) is 5.56 Å². The first-order chi connectivity index (χ1) is 9.24. The highest BCUT2D eigenvalue weighted by atomic mass is 16.5. The maximum atomic E-state index is 9.77. The lowest BCUT2D eigenvalue weighted by Crippen LogP contribution is -2.25. The number of ether oxygens (including phenoxy) is 1. The van der Waals surface area contributed by atoms with E-state index in [-0.39, 0.29) is 12.2 Å². The van der Waals surface area contributed by atoms with Gasteiger partial charge in [-0.3, -0.25) is 0 Å². The van der Waals surface area contributed by atoms with Crippen molar-refractivity contribution in [3.8, 4) is 5.75 Å². The first-order valence-electron chi connectivity index (χ1n) is 7.42. The molecule has 0 amide bonds. The van der Waals surface area contributed by atoms with Crippen molar-refractivity contribution in [3.63, 3.8) is 0 Å². The number of aliphatic hydroxyl groups excluding tert-OH is 1. The Balaban J connectivity index is 1.97. The van der Waals surface area contributed by atoms with Crippen LogP contribution in [0.2, 0.25) is 0 Å². The fourth-order valence-corrected chi connectivity index (χ4v) is 2.74. The predicted octanol–water partition coefficient (Wildman–Crippen LogP) is 3.04. The molecule has 3 unspecified atom stereocenters. The molecular formula is C16H25NO2. The summed E-state index contributed by atoms with van der Waals surface area (Å²) in [4.78, 5) is 0. The summed E-state index contributed by atoms with van der Waals surface area (Å²) in [6.45, 7) is 5.29. The van der Waals surface area contributed by atoms with Gasteiger partial charge in [0, 0.05) is 6.04 Å². The van der Waals surface area contributed by atoms with Crippen LogP contribution >= 0.6 is 0 Å². The largest absolute Gasteiger partial charge is 0.488 e. The first kappa shape index (κ1) is 14.4. The molecule has 1 aromatic rings. The maximum Gasteiger partial charge on any atom is 0.124 e. The van der Waals surface area contributed by atoms with Crippen molar-refractivity contribution in [2.75, 3.05) is 6.54 Å². The van der Waals surface area contributed by atoms with Gasteiger partial charge >= 0.3 is 0 Å². The first-order valence-corrected chi connectivity index (χ1v) is 7.42. The summed E-state index contributed by atoms with van der Waals surface area (Å²) in [5.74, 6) is 0.862. The summed E-state index contributed by atoms with van der Waals surface area (Å²) in [6, 6.07) is 8.68. The quantitative estimate of drug-likeness (QED) is 0.829. The third kappa shape index (κ3) is 3.71. The number of benzene rings is 1. The molecule has 0 radical (unpaired) electrons. The normalized spacial score (nSPS) is 24.4. The van der Waals surface area contributed by atoms with Crippen molar-refractivity contribution in [1.29, 1.82) is 0 Å². The fourth-order valence-electron chi connectivity index (χ4n) is 2.74. The van der Waals surface area contributed by atoms with Crippen LogP contribution in [0.15, 0.2) is 24.3 Å². The van der Waals surface area contributed by atoms with Crippen molar-refractivity contribution >= 4 is 0 Å². The van der Waals surface area contributed by atoms with Gasteiger partial charge in [-0.25, -0.2) is 0 Å². The van der Waals surface area contributed by atoms with Crippen molar-refractivity contribution in [2.45, 2.75) is 57.8 Å². The van der Waals surface area contributed by atoms with Crippen LogP contribution in [0.4, 0.5) is 0 Å². The second-order valence-corrected chi connectivity index (χ2v) is 5.24. The van der Waals surface area contributed by atoms with E-state index in [0.717, 1.165) is 38.0 Å². The van der Waals surface area contributed by atoms with Crippen LogP contribution in [0.3, 0.4) is 0 Å². The van der Waals surface area contributed by atoms with E-state index >= 15 is 0 Å². The number of hydrogen-bond acceptors (Lipinski definition) is 3. The van der Waals surface area contributed by atoms with E-state index in [9.17, 15) is 5.11 Å². The van der Waals surface area contributed by atoms with Gasteiger partial charge in [-0.15, -0.1) is 0 Å². The van der Waals surface area contributed by atoms with Crippen LogP contribution in [-0.2, 0) is 0 Å². The van der Waals surface area contributed by atoms with E-state index in [2.05, 4.69) is 31.3 Å². The molecule has 2 N–H and O–H groups in total. The van der Waals surface area contributed by atoms with Gasteiger partial charge in [-0.05, 0) is 49.9 Å². The van der Waals surface area contributed by atoms with Gasteiger partial charge in [0.25, 0.3) is 0 Å². The van der Waals surface area contributed by atoms with Gasteiger partial charge in [0.1, 0.15) is 11.9 Å². The zero-order valence-corrected chi connectivity index (χ0v) is 11.9. The Morgan fingerprint density at radius 1 is 1.26 bits per heavy atom. The van der Waals surface area contributed by atoms with E-state index in [0.29, 0.717) is 6.04 Å². The Morgan fingerprint density at radius 2 is 2.00 bits per heavy atom. The van der Waals surface area contributed by atoms with Gasteiger partial charge in [0.15, 0.2) is 0 Å². The van der Waals surface area contributed by atoms with Gasteiger partial charge < -0.3 is 15.2 Å². The van der Waals surface area contributed by atoms with Gasteiger partial charge in [0.05, 0.1) is 6.10 Å². The average Bonchev–Trinajstić information content (AvgIpc) is 2.83. The molecule has 2 rings (SSSR count). The molecule has 3 nitrogen and oxygen atoms in total. The second-order valence-electron chi connectivity index (χ2n) is 5.24. The minimum atomic E-state index is -0.301. The molecule has 1 fully saturated rings. The van der Waals surface area contributed by atoms with Crippen LogP contribution < -0.4 is 10.1 Å². The van der Waals surface area contributed by atoms with Crippen LogP contribution in [0.25, 0.3) is 0 Å². The molecule has 3 atom stereocenters. The smallest absolute Gasteiger partial charge is 0.124 e. The molecule has 1 aliphatic rings. The van der Waals surface area contributed by atoms with Crippen molar-refractivity contribution < 1.29 is 9.84 Å². The highest BCUT2D eigenvalue weighted by Gasteiger charge is 2.26. The van der Waals surface area contributed by atoms with Gasteiger partial charge in [-0.2, -0.15) is 0 Å². The Morgan fingerprint density at radius 3 is 2.53 bits per heavy atom. The molecular weight excluding hydrogens is 238 g/mol. The van der Waals surface area contributed by atoms with Crippen LogP contribution in [0, 0.1) is 0 Å². The molecule has 3 heteroatoms. The Bertz CT molecular complexity index is 377. The topological polar surface area (TPSA) is 41.5 Å². The third-order valence-electron chi connectivity index (χ3n) is 3.85. The number of aliphatic hydroxyl groups is 1. The third-order valence-corrected chi connectivity index (χ3v) is 3.85. The Hall–Kier alpha value is -1.06. The summed E-state index contributed by atoms with van der Waals surface area (Å²) < 4.78 is 5.85. The average molecular weight is 263 g/mol. The van der Waals surface area contributed by atoms with Gasteiger partial charge in [-0.1, -0.05) is 26.0 Å². The SMILES string of the molecule is CCNC(CC)c1ccc(OC2CCCC2O)cc1. The summed E-state index contributed by atoms with van der Waals surface area (Å²) in [7, 11) is 0. The summed E-state index contributed by atoms with van der Waals surface area (Å²) in [6.07, 6.45) is 3.63. The number of nitrogens with one attached hydrogen (secondary N) is 1. The highest BCUT2D eigenvalue weighted by Crippen LogP contribution is 2.26. The minimum Gasteiger partial charge on any atom is -0.488 e. The van der Waals surface area contributed by atoms with Gasteiger partial charge in [0.2, 0.25) is 0 Å². The molecule has 0 heterocycles. The molecule has 0 spiro atoms. The molecule has 0 aliphatic heterocycles. The van der Waals surface area contributed by atoms with Crippen LogP contribution in [0.5, 0.6) is 5.75 Å². The molecule has 1 aromatic carbocycles. The van der Waals surface area contributed by atoms with Crippen molar-refractivity contribution in [2.24, 2.45) is 0 Å². The van der Waals surface area contributed by atoms with E-state index < -0.39 is 0 Å².